The van der Waals surface area contributed by atoms with E-state index in [1.165, 1.54) is 12.8 Å². The first-order valence-electron chi connectivity index (χ1n) is 16.6. The molecule has 1 N–H and O–H groups in total. The summed E-state index contributed by atoms with van der Waals surface area (Å²) in [7, 11) is 1.74. The van der Waals surface area contributed by atoms with Crippen molar-refractivity contribution in [3.8, 4) is 5.75 Å². The van der Waals surface area contributed by atoms with Crippen LogP contribution < -0.4 is 15.0 Å². The normalized spacial score (nSPS) is 23.4. The first-order valence-corrected chi connectivity index (χ1v) is 16.6. The second-order valence-corrected chi connectivity index (χ2v) is 12.6. The third-order valence-corrected chi connectivity index (χ3v) is 9.18. The summed E-state index contributed by atoms with van der Waals surface area (Å²) in [5.74, 6) is 1.64. The van der Waals surface area contributed by atoms with Gasteiger partial charge in [0.15, 0.2) is 0 Å². The second-order valence-electron chi connectivity index (χ2n) is 12.6. The molecule has 0 radical (unpaired) electrons. The van der Waals surface area contributed by atoms with Crippen molar-refractivity contribution in [3.05, 3.63) is 59.2 Å². The molecule has 2 aromatic rings. The molecule has 246 valence electrons. The predicted molar refractivity (Wildman–Crippen MR) is 171 cm³/mol. The van der Waals surface area contributed by atoms with Crippen LogP contribution in [0.5, 0.6) is 5.75 Å². The zero-order chi connectivity index (χ0) is 30.8. The Morgan fingerprint density at radius 3 is 2.49 bits per heavy atom. The summed E-state index contributed by atoms with van der Waals surface area (Å²) >= 11 is 0. The highest BCUT2D eigenvalue weighted by atomic mass is 16.5. The van der Waals surface area contributed by atoms with Gasteiger partial charge in [-0.05, 0) is 54.0 Å². The lowest BCUT2D eigenvalue weighted by Gasteiger charge is -2.39. The summed E-state index contributed by atoms with van der Waals surface area (Å²) in [6.45, 7) is 8.92. The largest absolute Gasteiger partial charge is 0.490 e. The Kier molecular flexibility index (Phi) is 11.6. The van der Waals surface area contributed by atoms with Crippen LogP contribution >= 0.6 is 0 Å². The maximum absolute atomic E-state index is 13.0. The quantitative estimate of drug-likeness (QED) is 0.300. The van der Waals surface area contributed by atoms with Gasteiger partial charge in [-0.2, -0.15) is 0 Å². The molecule has 6 rings (SSSR count). The third-order valence-electron chi connectivity index (χ3n) is 9.18. The number of amides is 1. The monoisotopic (exact) mass is 623 g/mol. The van der Waals surface area contributed by atoms with E-state index in [1.54, 1.807) is 7.11 Å². The van der Waals surface area contributed by atoms with Crippen LogP contribution in [0.4, 0.5) is 5.69 Å². The number of methoxy groups -OCH3 is 1. The van der Waals surface area contributed by atoms with Gasteiger partial charge in [-0.15, -0.1) is 0 Å². The van der Waals surface area contributed by atoms with Crippen LogP contribution in [-0.2, 0) is 41.7 Å². The second kappa shape index (κ2) is 16.2. The predicted octanol–water partition coefficient (Wildman–Crippen LogP) is 3.36. The van der Waals surface area contributed by atoms with Crippen molar-refractivity contribution in [1.82, 2.24) is 10.2 Å². The molecule has 3 heterocycles. The van der Waals surface area contributed by atoms with Crippen molar-refractivity contribution >= 4 is 11.6 Å². The third kappa shape index (κ3) is 8.96. The van der Waals surface area contributed by atoms with Gasteiger partial charge in [0.25, 0.3) is 0 Å². The van der Waals surface area contributed by atoms with Crippen molar-refractivity contribution in [2.75, 3.05) is 90.9 Å². The molecule has 0 aromatic heterocycles. The van der Waals surface area contributed by atoms with Crippen LogP contribution in [0.2, 0.25) is 0 Å². The minimum Gasteiger partial charge on any atom is -0.490 e. The number of nitrogens with zero attached hydrogens (tertiary/aromatic N) is 2. The Morgan fingerprint density at radius 1 is 0.933 bits per heavy atom. The number of benzene rings is 2. The number of anilines is 1. The zero-order valence-electron chi connectivity index (χ0n) is 26.6. The molecule has 4 aliphatic rings. The molecule has 3 fully saturated rings. The molecule has 0 unspecified atom stereocenters. The van der Waals surface area contributed by atoms with Crippen molar-refractivity contribution < 1.29 is 33.2 Å². The fraction of sp³-hybridized carbons (Fsp3) is 0.629. The highest BCUT2D eigenvalue weighted by Crippen LogP contribution is 2.35. The number of hydrogen-bond acceptors (Lipinski definition) is 9. The van der Waals surface area contributed by atoms with Crippen LogP contribution in [0.3, 0.4) is 0 Å². The van der Waals surface area contributed by atoms with E-state index in [1.807, 2.05) is 4.90 Å². The number of carbonyl (C=O) groups is 1. The van der Waals surface area contributed by atoms with Gasteiger partial charge in [0.2, 0.25) is 5.91 Å². The summed E-state index contributed by atoms with van der Waals surface area (Å²) < 4.78 is 35.6. The molecule has 10 nitrogen and oxygen atoms in total. The van der Waals surface area contributed by atoms with Crippen molar-refractivity contribution in [3.63, 3.8) is 0 Å². The van der Waals surface area contributed by atoms with Crippen LogP contribution in [0, 0.1) is 5.92 Å². The summed E-state index contributed by atoms with van der Waals surface area (Å²) in [5.41, 5.74) is 4.53. The molecule has 2 aromatic carbocycles. The standard InChI is InChI=1S/C35H49N3O7/c1-40-15-2-11-37-14-18-43-31-10-7-28(19-30(31)37)24-44-32-20-36-21-33(45-25-34(39)38-12-16-41-17-13-38)35(32)29-8-5-27(6-9-29)23-42-22-26-3-4-26/h5-10,19,26,32-33,35-36H,2-4,11-18,20-25H2,1H3/t32-,33+,35+/m0/s1. The molecule has 45 heavy (non-hydrogen) atoms. The number of rotatable bonds is 15. The van der Waals surface area contributed by atoms with E-state index in [9.17, 15) is 4.79 Å². The SMILES string of the molecule is COCCCN1CCOc2ccc(CO[C@H]3CNC[C@@H](OCC(=O)N4CCOCC4)[C@@H]3c3ccc(COCC4CC4)cc3)cc21. The molecule has 0 spiro atoms. The van der Waals surface area contributed by atoms with E-state index in [0.29, 0.717) is 59.2 Å². The number of ether oxygens (including phenoxy) is 6. The van der Waals surface area contributed by atoms with E-state index >= 15 is 0 Å². The maximum Gasteiger partial charge on any atom is 0.248 e. The molecule has 3 aliphatic heterocycles. The Hall–Kier alpha value is -2.73. The topological polar surface area (TPSA) is 91.0 Å². The fourth-order valence-corrected chi connectivity index (χ4v) is 6.41. The summed E-state index contributed by atoms with van der Waals surface area (Å²) in [4.78, 5) is 17.2. The van der Waals surface area contributed by atoms with Crippen LogP contribution in [0.15, 0.2) is 42.5 Å². The number of morpholine rings is 1. The van der Waals surface area contributed by atoms with Gasteiger partial charge in [-0.1, -0.05) is 30.3 Å². The van der Waals surface area contributed by atoms with Crippen molar-refractivity contribution in [2.45, 2.75) is 50.6 Å². The lowest BCUT2D eigenvalue weighted by molar-refractivity contribution is -0.144. The van der Waals surface area contributed by atoms with Crippen LogP contribution in [0.1, 0.15) is 41.9 Å². The van der Waals surface area contributed by atoms with E-state index in [0.717, 1.165) is 66.8 Å². The van der Waals surface area contributed by atoms with Crippen molar-refractivity contribution in [2.24, 2.45) is 5.92 Å². The Balaban J connectivity index is 1.14. The van der Waals surface area contributed by atoms with Gasteiger partial charge >= 0.3 is 0 Å². The first kappa shape index (κ1) is 32.2. The molecule has 0 bridgehead atoms. The molecule has 1 amide bonds. The van der Waals surface area contributed by atoms with Crippen LogP contribution in [-0.4, -0.2) is 109 Å². The average molecular weight is 624 g/mol. The molecule has 1 aliphatic carbocycles. The van der Waals surface area contributed by atoms with Gasteiger partial charge in [0, 0.05) is 59.0 Å². The highest BCUT2D eigenvalue weighted by Gasteiger charge is 2.37. The smallest absolute Gasteiger partial charge is 0.248 e. The minimum absolute atomic E-state index is 0.00887. The van der Waals surface area contributed by atoms with Gasteiger partial charge in [-0.25, -0.2) is 0 Å². The number of piperidine rings is 1. The van der Waals surface area contributed by atoms with Gasteiger partial charge in [0.1, 0.15) is 19.0 Å². The zero-order valence-corrected chi connectivity index (χ0v) is 26.6. The minimum atomic E-state index is -0.209. The Labute approximate surface area is 267 Å². The van der Waals surface area contributed by atoms with E-state index < -0.39 is 0 Å². The molecular weight excluding hydrogens is 574 g/mol. The first-order chi connectivity index (χ1) is 22.2. The summed E-state index contributed by atoms with van der Waals surface area (Å²) in [5, 5.41) is 3.51. The molecule has 10 heteroatoms. The molecular formula is C35H49N3O7. The number of fused-ring (bicyclic) bond motifs is 1. The maximum atomic E-state index is 13.0. The van der Waals surface area contributed by atoms with Gasteiger partial charge in [0.05, 0.1) is 50.9 Å². The molecule has 1 saturated carbocycles. The van der Waals surface area contributed by atoms with E-state index in [-0.39, 0.29) is 30.6 Å². The van der Waals surface area contributed by atoms with Crippen molar-refractivity contribution in [1.29, 1.82) is 0 Å². The number of carbonyl (C=O) groups excluding carboxylic acids is 1. The molecule has 3 atom stereocenters. The lowest BCUT2D eigenvalue weighted by atomic mass is 9.85. The number of nitrogens with one attached hydrogen (secondary N) is 1. The van der Waals surface area contributed by atoms with Gasteiger partial charge < -0.3 is 43.5 Å². The summed E-state index contributed by atoms with van der Waals surface area (Å²) in [6, 6.07) is 15.0. The Morgan fingerprint density at radius 2 is 1.71 bits per heavy atom. The van der Waals surface area contributed by atoms with E-state index in [4.69, 9.17) is 28.4 Å². The molecule has 2 saturated heterocycles. The summed E-state index contributed by atoms with van der Waals surface area (Å²) in [6.07, 6.45) is 3.20. The fourth-order valence-electron chi connectivity index (χ4n) is 6.41. The highest BCUT2D eigenvalue weighted by molar-refractivity contribution is 5.77. The lowest BCUT2D eigenvalue weighted by Crippen LogP contribution is -2.51. The van der Waals surface area contributed by atoms with E-state index in [2.05, 4.69) is 52.7 Å². The van der Waals surface area contributed by atoms with Gasteiger partial charge in [-0.3, -0.25) is 4.79 Å². The Bertz CT molecular complexity index is 1220. The van der Waals surface area contributed by atoms with Crippen LogP contribution in [0.25, 0.3) is 0 Å². The average Bonchev–Trinajstić information content (AvgIpc) is 3.92. The number of hydrogen-bond donors (Lipinski definition) is 1.